The number of hydrogen-bond donors (Lipinski definition) is 1. The van der Waals surface area contributed by atoms with E-state index >= 15 is 0 Å². The van der Waals surface area contributed by atoms with Gasteiger partial charge < -0.3 is 10.1 Å². The van der Waals surface area contributed by atoms with E-state index in [0.29, 0.717) is 19.8 Å². The minimum Gasteiger partial charge on any atom is -0.381 e. The maximum absolute atomic E-state index is 12.9. The Morgan fingerprint density at radius 3 is 2.59 bits per heavy atom. The summed E-state index contributed by atoms with van der Waals surface area (Å²) in [6, 6.07) is 16.0. The normalized spacial score (nSPS) is 19.2. The molecule has 1 amide bonds. The fourth-order valence-electron chi connectivity index (χ4n) is 4.51. The van der Waals surface area contributed by atoms with Crippen LogP contribution in [0.25, 0.3) is 0 Å². The Balaban J connectivity index is 1.45. The molecule has 2 fully saturated rings. The van der Waals surface area contributed by atoms with E-state index in [1.807, 2.05) is 36.4 Å². The molecule has 2 heterocycles. The summed E-state index contributed by atoms with van der Waals surface area (Å²) >= 11 is 6.25. The molecule has 154 valence electrons. The Morgan fingerprint density at radius 1 is 1.07 bits per heavy atom. The molecular formula is C24H29ClN2O2. The van der Waals surface area contributed by atoms with Gasteiger partial charge in [-0.1, -0.05) is 35.9 Å². The van der Waals surface area contributed by atoms with Crippen molar-refractivity contribution in [3.63, 3.8) is 0 Å². The first-order valence-corrected chi connectivity index (χ1v) is 11.0. The van der Waals surface area contributed by atoms with Crippen molar-refractivity contribution in [3.8, 4) is 0 Å². The van der Waals surface area contributed by atoms with Crippen LogP contribution in [0, 0.1) is 0 Å². The van der Waals surface area contributed by atoms with Crippen LogP contribution in [-0.2, 0) is 16.7 Å². The number of benzene rings is 2. The molecule has 2 aromatic carbocycles. The number of rotatable bonds is 6. The lowest BCUT2D eigenvalue weighted by Crippen LogP contribution is -2.44. The third-order valence-corrected chi connectivity index (χ3v) is 6.50. The minimum atomic E-state index is -0.133. The number of carbonyl (C=O) groups is 1. The zero-order chi connectivity index (χ0) is 20.1. The van der Waals surface area contributed by atoms with Crippen molar-refractivity contribution in [2.75, 3.05) is 32.8 Å². The monoisotopic (exact) mass is 412 g/mol. The summed E-state index contributed by atoms with van der Waals surface area (Å²) in [5, 5.41) is 3.93. The van der Waals surface area contributed by atoms with E-state index in [1.165, 1.54) is 24.0 Å². The zero-order valence-corrected chi connectivity index (χ0v) is 17.6. The lowest BCUT2D eigenvalue weighted by atomic mass is 9.74. The Kier molecular flexibility index (Phi) is 6.53. The van der Waals surface area contributed by atoms with E-state index in [1.54, 1.807) is 0 Å². The molecule has 4 rings (SSSR count). The Morgan fingerprint density at radius 2 is 1.83 bits per heavy atom. The molecule has 0 spiro atoms. The number of nitrogens with zero attached hydrogens (tertiary/aromatic N) is 1. The smallest absolute Gasteiger partial charge is 0.251 e. The molecular weight excluding hydrogens is 384 g/mol. The lowest BCUT2D eigenvalue weighted by molar-refractivity contribution is 0.0487. The van der Waals surface area contributed by atoms with Gasteiger partial charge in [-0.2, -0.15) is 0 Å². The van der Waals surface area contributed by atoms with Crippen LogP contribution in [-0.4, -0.2) is 43.7 Å². The SMILES string of the molecule is O=C(NCC1(c2cccc(Cl)c2)CCOCC1)c1cccc(CN2CCCC2)c1. The largest absolute Gasteiger partial charge is 0.381 e. The van der Waals surface area contributed by atoms with Gasteiger partial charge in [0.2, 0.25) is 0 Å². The summed E-state index contributed by atoms with van der Waals surface area (Å²) in [4.78, 5) is 15.4. The summed E-state index contributed by atoms with van der Waals surface area (Å²) in [6.07, 6.45) is 4.30. The molecule has 5 heteroatoms. The summed E-state index contributed by atoms with van der Waals surface area (Å²) in [6.45, 7) is 5.22. The van der Waals surface area contributed by atoms with Crippen molar-refractivity contribution >= 4 is 17.5 Å². The van der Waals surface area contributed by atoms with Crippen molar-refractivity contribution in [1.82, 2.24) is 10.2 Å². The fraction of sp³-hybridized carbons (Fsp3) is 0.458. The van der Waals surface area contributed by atoms with Gasteiger partial charge in [0.25, 0.3) is 5.91 Å². The maximum Gasteiger partial charge on any atom is 0.251 e. The predicted molar refractivity (Wildman–Crippen MR) is 116 cm³/mol. The molecule has 0 saturated carbocycles. The number of ether oxygens (including phenoxy) is 1. The molecule has 29 heavy (non-hydrogen) atoms. The highest BCUT2D eigenvalue weighted by Crippen LogP contribution is 2.35. The molecule has 0 unspecified atom stereocenters. The van der Waals surface area contributed by atoms with Crippen molar-refractivity contribution in [3.05, 3.63) is 70.2 Å². The standard InChI is InChI=1S/C24H29ClN2O2/c25-22-8-4-7-21(16-22)24(9-13-29-14-10-24)18-26-23(28)20-6-3-5-19(15-20)17-27-11-1-2-12-27/h3-8,15-16H,1-2,9-14,17-18H2,(H,26,28). The third-order valence-electron chi connectivity index (χ3n) is 6.27. The average molecular weight is 413 g/mol. The first kappa shape index (κ1) is 20.4. The zero-order valence-electron chi connectivity index (χ0n) is 16.8. The Labute approximate surface area is 178 Å². The molecule has 0 radical (unpaired) electrons. The van der Waals surface area contributed by atoms with Gasteiger partial charge in [0.15, 0.2) is 0 Å². The van der Waals surface area contributed by atoms with Crippen LogP contribution >= 0.6 is 11.6 Å². The van der Waals surface area contributed by atoms with Gasteiger partial charge in [-0.3, -0.25) is 9.69 Å². The van der Waals surface area contributed by atoms with E-state index in [4.69, 9.17) is 16.3 Å². The number of likely N-dealkylation sites (tertiary alicyclic amines) is 1. The third kappa shape index (κ3) is 5.00. The second kappa shape index (κ2) is 9.29. The van der Waals surface area contributed by atoms with Crippen LogP contribution in [0.15, 0.2) is 48.5 Å². The highest BCUT2D eigenvalue weighted by molar-refractivity contribution is 6.30. The van der Waals surface area contributed by atoms with Crippen molar-refractivity contribution in [2.24, 2.45) is 0 Å². The molecule has 0 aromatic heterocycles. The summed E-state index contributed by atoms with van der Waals surface area (Å²) < 4.78 is 5.60. The van der Waals surface area contributed by atoms with Crippen LogP contribution in [0.5, 0.6) is 0 Å². The predicted octanol–water partition coefficient (Wildman–Crippen LogP) is 4.41. The van der Waals surface area contributed by atoms with E-state index < -0.39 is 0 Å². The lowest BCUT2D eigenvalue weighted by Gasteiger charge is -2.38. The molecule has 2 saturated heterocycles. The average Bonchev–Trinajstić information content (AvgIpc) is 3.26. The van der Waals surface area contributed by atoms with Crippen LogP contribution in [0.2, 0.25) is 5.02 Å². The topological polar surface area (TPSA) is 41.6 Å². The minimum absolute atomic E-state index is 0.0128. The van der Waals surface area contributed by atoms with Crippen LogP contribution in [0.3, 0.4) is 0 Å². The van der Waals surface area contributed by atoms with Crippen molar-refractivity contribution in [2.45, 2.75) is 37.6 Å². The number of carbonyl (C=O) groups excluding carboxylic acids is 1. The molecule has 4 nitrogen and oxygen atoms in total. The van der Waals surface area contributed by atoms with E-state index in [2.05, 4.69) is 22.3 Å². The fourth-order valence-corrected chi connectivity index (χ4v) is 4.70. The summed E-state index contributed by atoms with van der Waals surface area (Å²) in [7, 11) is 0. The van der Waals surface area contributed by atoms with Gasteiger partial charge in [-0.25, -0.2) is 0 Å². The first-order valence-electron chi connectivity index (χ1n) is 10.6. The Bertz CT molecular complexity index is 842. The molecule has 0 atom stereocenters. The van der Waals surface area contributed by atoms with Crippen molar-refractivity contribution in [1.29, 1.82) is 0 Å². The number of nitrogens with one attached hydrogen (secondary N) is 1. The number of halogens is 1. The van der Waals surface area contributed by atoms with E-state index in [-0.39, 0.29) is 11.3 Å². The van der Waals surface area contributed by atoms with Crippen LogP contribution < -0.4 is 5.32 Å². The quantitative estimate of drug-likeness (QED) is 0.763. The Hall–Kier alpha value is -1.88. The van der Waals surface area contributed by atoms with Crippen molar-refractivity contribution < 1.29 is 9.53 Å². The van der Waals surface area contributed by atoms with Gasteiger partial charge in [0.1, 0.15) is 0 Å². The van der Waals surface area contributed by atoms with Gasteiger partial charge >= 0.3 is 0 Å². The van der Waals surface area contributed by atoms with Gasteiger partial charge in [-0.05, 0) is 74.2 Å². The highest BCUT2D eigenvalue weighted by atomic mass is 35.5. The number of hydrogen-bond acceptors (Lipinski definition) is 3. The maximum atomic E-state index is 12.9. The van der Waals surface area contributed by atoms with Crippen LogP contribution in [0.1, 0.15) is 47.2 Å². The molecule has 2 aliphatic heterocycles. The van der Waals surface area contributed by atoms with Crippen LogP contribution in [0.4, 0.5) is 0 Å². The van der Waals surface area contributed by atoms with Gasteiger partial charge in [0, 0.05) is 42.3 Å². The summed E-state index contributed by atoms with van der Waals surface area (Å²) in [5.74, 6) is -0.0128. The first-order chi connectivity index (χ1) is 14.1. The second-order valence-electron chi connectivity index (χ2n) is 8.27. The second-order valence-corrected chi connectivity index (χ2v) is 8.71. The van der Waals surface area contributed by atoms with Gasteiger partial charge in [-0.15, -0.1) is 0 Å². The number of amides is 1. The van der Waals surface area contributed by atoms with E-state index in [9.17, 15) is 4.79 Å². The molecule has 2 aromatic rings. The molecule has 0 bridgehead atoms. The highest BCUT2D eigenvalue weighted by Gasteiger charge is 2.35. The molecule has 1 N–H and O–H groups in total. The summed E-state index contributed by atoms with van der Waals surface area (Å²) in [5.41, 5.74) is 2.98. The molecule has 0 aliphatic carbocycles. The molecule has 2 aliphatic rings. The van der Waals surface area contributed by atoms with E-state index in [0.717, 1.165) is 43.1 Å². The van der Waals surface area contributed by atoms with Gasteiger partial charge in [0.05, 0.1) is 0 Å².